The molecule has 1 aliphatic heterocycles. The summed E-state index contributed by atoms with van der Waals surface area (Å²) < 4.78 is 39.9. The molecule has 0 aliphatic carbocycles. The summed E-state index contributed by atoms with van der Waals surface area (Å²) in [5.41, 5.74) is 8.57. The van der Waals surface area contributed by atoms with Gasteiger partial charge in [-0.1, -0.05) is 115 Å². The third kappa shape index (κ3) is 8.06. The maximum atomic E-state index is 14.7. The summed E-state index contributed by atoms with van der Waals surface area (Å²) in [4.78, 5) is 19.9. The van der Waals surface area contributed by atoms with E-state index in [2.05, 4.69) is 10.9 Å². The zero-order valence-electron chi connectivity index (χ0n) is 29.6. The zero-order valence-corrected chi connectivity index (χ0v) is 30.4. The van der Waals surface area contributed by atoms with Crippen LogP contribution in [-0.4, -0.2) is 49.8 Å². The number of ether oxygens (including phenoxy) is 2. The molecule has 0 saturated carbocycles. The highest BCUT2D eigenvalue weighted by molar-refractivity contribution is 7.91. The molecule has 0 saturated heterocycles. The van der Waals surface area contributed by atoms with Crippen molar-refractivity contribution in [3.05, 3.63) is 168 Å². The van der Waals surface area contributed by atoms with Crippen LogP contribution in [-0.2, 0) is 25.9 Å². The molecule has 7 rings (SSSR count). The van der Waals surface area contributed by atoms with Gasteiger partial charge in [0.25, 0.3) is 5.91 Å². The highest BCUT2D eigenvalue weighted by Crippen LogP contribution is 2.43. The molecule has 0 aromatic heterocycles. The summed E-state index contributed by atoms with van der Waals surface area (Å²) in [5.74, 6) is -0.0729. The molecule has 10 heteroatoms. The minimum Gasteiger partial charge on any atom is -0.494 e. The molecule has 6 aromatic rings. The van der Waals surface area contributed by atoms with Gasteiger partial charge in [0.2, 0.25) is 5.90 Å². The van der Waals surface area contributed by atoms with Crippen LogP contribution >= 0.6 is 0 Å². The molecule has 54 heavy (non-hydrogen) atoms. The molecule has 1 amide bonds. The predicted molar refractivity (Wildman–Crippen MR) is 211 cm³/mol. The molecule has 6 aromatic carbocycles. The van der Waals surface area contributed by atoms with Crippen LogP contribution in [0.3, 0.4) is 0 Å². The molecule has 3 N–H and O–H groups in total. The molecular formula is C44H41N3O6S. The fraction of sp³-hybridized carbons (Fsp3) is 0.182. The summed E-state index contributed by atoms with van der Waals surface area (Å²) >= 11 is 0. The maximum Gasteiger partial charge on any atom is 0.266 e. The quantitative estimate of drug-likeness (QED) is 0.0751. The third-order valence-corrected chi connectivity index (χ3v) is 11.3. The van der Waals surface area contributed by atoms with Gasteiger partial charge in [-0.15, -0.1) is 0 Å². The number of amides is 1. The number of hydrazine groups is 1. The van der Waals surface area contributed by atoms with E-state index in [-0.39, 0.29) is 29.6 Å². The summed E-state index contributed by atoms with van der Waals surface area (Å²) in [7, 11) is -3.81. The van der Waals surface area contributed by atoms with Crippen LogP contribution in [0.1, 0.15) is 35.6 Å². The minimum atomic E-state index is -3.81. The Hall–Kier alpha value is -5.81. The first-order valence-corrected chi connectivity index (χ1v) is 19.6. The largest absolute Gasteiger partial charge is 0.494 e. The van der Waals surface area contributed by atoms with Crippen molar-refractivity contribution in [1.29, 1.82) is 0 Å². The second-order valence-electron chi connectivity index (χ2n) is 13.1. The fourth-order valence-corrected chi connectivity index (χ4v) is 8.05. The van der Waals surface area contributed by atoms with Crippen LogP contribution in [0.25, 0.3) is 21.9 Å². The van der Waals surface area contributed by atoms with Crippen molar-refractivity contribution in [3.63, 3.8) is 0 Å². The van der Waals surface area contributed by atoms with E-state index in [1.165, 1.54) is 0 Å². The van der Waals surface area contributed by atoms with E-state index in [9.17, 15) is 13.2 Å². The highest BCUT2D eigenvalue weighted by Gasteiger charge is 2.53. The molecule has 0 fully saturated rings. The van der Waals surface area contributed by atoms with Crippen LogP contribution < -0.4 is 15.6 Å². The van der Waals surface area contributed by atoms with Gasteiger partial charge in [0.15, 0.2) is 21.5 Å². The number of hydrogen-bond donors (Lipinski definition) is 3. The van der Waals surface area contributed by atoms with E-state index in [4.69, 9.17) is 19.6 Å². The fourth-order valence-electron chi connectivity index (χ4n) is 6.66. The van der Waals surface area contributed by atoms with Gasteiger partial charge in [0.1, 0.15) is 5.75 Å². The number of nitrogens with zero attached hydrogens (tertiary/aromatic N) is 1. The molecular weight excluding hydrogens is 699 g/mol. The summed E-state index contributed by atoms with van der Waals surface area (Å²) in [6.45, 7) is 0.702. The molecule has 274 valence electrons. The number of sulfone groups is 1. The average Bonchev–Trinajstić information content (AvgIpc) is 3.62. The molecule has 0 unspecified atom stereocenters. The summed E-state index contributed by atoms with van der Waals surface area (Å²) in [5, 5.41) is 11.3. The lowest BCUT2D eigenvalue weighted by atomic mass is 9.84. The molecule has 1 aliphatic rings. The molecule has 0 spiro atoms. The second-order valence-corrected chi connectivity index (χ2v) is 15.2. The van der Waals surface area contributed by atoms with Crippen molar-refractivity contribution in [3.8, 4) is 16.9 Å². The Morgan fingerprint density at radius 2 is 1.41 bits per heavy atom. The lowest BCUT2D eigenvalue weighted by molar-refractivity contribution is -0.130. The number of fused-ring (bicyclic) bond motifs is 1. The first-order chi connectivity index (χ1) is 26.4. The van der Waals surface area contributed by atoms with Gasteiger partial charge in [-0.3, -0.25) is 10.2 Å². The van der Waals surface area contributed by atoms with Gasteiger partial charge in [-0.05, 0) is 69.4 Å². The Labute approximate surface area is 315 Å². The summed E-state index contributed by atoms with van der Waals surface area (Å²) in [6, 6.07) is 47.0. The Balaban J connectivity index is 1.26. The standard InChI is InChI=1S/C44H41N3O6S/c48-28-10-29-52-38-25-23-36(24-26-38)42-46-44(27-30-54(50,51)39-16-5-2-6-17-39,41(53-42)35-21-19-33(20-22-35)32-11-3-1-4-12-32)43(49)47-45-31-37-15-9-14-34-13-7-8-18-40(34)37/h1-9,11-26,41,45,48H,10,27-31H2,(H,47,49)/t41-,44-/m0/s1. The average molecular weight is 740 g/mol. The van der Waals surface area contributed by atoms with E-state index in [1.807, 2.05) is 97.1 Å². The normalized spacial score (nSPS) is 16.8. The van der Waals surface area contributed by atoms with E-state index < -0.39 is 27.4 Å². The van der Waals surface area contributed by atoms with E-state index in [1.54, 1.807) is 54.6 Å². The Morgan fingerprint density at radius 1 is 0.759 bits per heavy atom. The second kappa shape index (κ2) is 16.5. The molecule has 0 bridgehead atoms. The van der Waals surface area contributed by atoms with Crippen molar-refractivity contribution in [2.45, 2.75) is 35.9 Å². The van der Waals surface area contributed by atoms with Gasteiger partial charge in [0.05, 0.1) is 17.3 Å². The molecule has 1 heterocycles. The van der Waals surface area contributed by atoms with Crippen molar-refractivity contribution >= 4 is 32.4 Å². The van der Waals surface area contributed by atoms with Crippen LogP contribution in [0, 0.1) is 0 Å². The zero-order chi connectivity index (χ0) is 37.4. The Kier molecular flexibility index (Phi) is 11.1. The van der Waals surface area contributed by atoms with E-state index in [0.717, 1.165) is 27.5 Å². The van der Waals surface area contributed by atoms with Crippen molar-refractivity contribution in [2.75, 3.05) is 19.0 Å². The Bertz CT molecular complexity index is 2330. The van der Waals surface area contributed by atoms with Crippen molar-refractivity contribution in [1.82, 2.24) is 10.9 Å². The van der Waals surface area contributed by atoms with Gasteiger partial charge < -0.3 is 14.6 Å². The number of carbonyl (C=O) groups is 1. The highest BCUT2D eigenvalue weighted by atomic mass is 32.2. The predicted octanol–water partition coefficient (Wildman–Crippen LogP) is 7.21. The number of hydrogen-bond acceptors (Lipinski definition) is 8. The topological polar surface area (TPSA) is 126 Å². The number of rotatable bonds is 15. The molecule has 9 nitrogen and oxygen atoms in total. The Morgan fingerprint density at radius 3 is 2.15 bits per heavy atom. The number of aliphatic hydroxyl groups excluding tert-OH is 1. The van der Waals surface area contributed by atoms with Crippen molar-refractivity contribution in [2.24, 2.45) is 4.99 Å². The van der Waals surface area contributed by atoms with Gasteiger partial charge >= 0.3 is 0 Å². The van der Waals surface area contributed by atoms with Gasteiger partial charge in [-0.2, -0.15) is 0 Å². The third-order valence-electron chi connectivity index (χ3n) is 9.57. The van der Waals surface area contributed by atoms with Gasteiger partial charge in [-0.25, -0.2) is 18.8 Å². The number of benzene rings is 6. The van der Waals surface area contributed by atoms with Crippen LogP contribution in [0.15, 0.2) is 162 Å². The lowest BCUT2D eigenvalue weighted by Crippen LogP contribution is -2.53. The SMILES string of the molecule is O=C(NNCc1cccc2ccccc12)[C@@]1(CCS(=O)(=O)c2ccccc2)N=C(c2ccc(OCCCO)cc2)O[C@H]1c1ccc(-c2ccccc2)cc1. The lowest BCUT2D eigenvalue weighted by Gasteiger charge is -2.30. The molecule has 0 radical (unpaired) electrons. The number of aliphatic imine (C=N–C) groups is 1. The molecule has 2 atom stereocenters. The van der Waals surface area contributed by atoms with Crippen LogP contribution in [0.5, 0.6) is 5.75 Å². The number of nitrogens with one attached hydrogen (secondary N) is 2. The number of aliphatic hydroxyl groups is 1. The first-order valence-electron chi connectivity index (χ1n) is 17.9. The monoisotopic (exact) mass is 739 g/mol. The first kappa shape index (κ1) is 36.5. The van der Waals surface area contributed by atoms with Crippen LogP contribution in [0.4, 0.5) is 0 Å². The van der Waals surface area contributed by atoms with Crippen LogP contribution in [0.2, 0.25) is 0 Å². The van der Waals surface area contributed by atoms with Crippen molar-refractivity contribution < 1.29 is 27.8 Å². The summed E-state index contributed by atoms with van der Waals surface area (Å²) in [6.07, 6.45) is -0.633. The van der Waals surface area contributed by atoms with E-state index >= 15 is 0 Å². The number of carbonyl (C=O) groups excluding carboxylic acids is 1. The minimum absolute atomic E-state index is 0.0252. The van der Waals surface area contributed by atoms with Gasteiger partial charge in [0, 0.05) is 31.6 Å². The maximum absolute atomic E-state index is 14.7. The smallest absolute Gasteiger partial charge is 0.266 e. The van der Waals surface area contributed by atoms with E-state index in [0.29, 0.717) is 36.4 Å².